The molecule has 2 N–H and O–H groups in total. The Balaban J connectivity index is 1.85. The van der Waals surface area contributed by atoms with Gasteiger partial charge in [-0.2, -0.15) is 0 Å². The van der Waals surface area contributed by atoms with Crippen molar-refractivity contribution in [2.24, 2.45) is 7.05 Å². The largest absolute Gasteiger partial charge is 0.356 e. The Labute approximate surface area is 151 Å². The van der Waals surface area contributed by atoms with Crippen LogP contribution in [0.4, 0.5) is 10.2 Å². The van der Waals surface area contributed by atoms with E-state index in [1.165, 1.54) is 30.7 Å². The number of nitrogens with zero attached hydrogens (tertiary/aromatic N) is 2. The number of aromatic nitrogens is 3. The summed E-state index contributed by atoms with van der Waals surface area (Å²) in [5.41, 5.74) is -0.147. The van der Waals surface area contributed by atoms with E-state index >= 15 is 0 Å². The summed E-state index contributed by atoms with van der Waals surface area (Å²) in [4.78, 5) is 31.3. The fourth-order valence-corrected chi connectivity index (χ4v) is 2.59. The van der Waals surface area contributed by atoms with Crippen molar-refractivity contribution >= 4 is 40.7 Å². The number of rotatable bonds is 4. The van der Waals surface area contributed by atoms with Gasteiger partial charge in [-0.3, -0.25) is 9.59 Å². The number of benzene rings is 1. The Morgan fingerprint density at radius 3 is 2.68 bits per heavy atom. The van der Waals surface area contributed by atoms with Crippen LogP contribution in [-0.4, -0.2) is 26.2 Å². The maximum absolute atomic E-state index is 14.1. The number of nitrogens with one attached hydrogen (secondary N) is 2. The topological polar surface area (TPSA) is 79.8 Å². The molecule has 3 aromatic rings. The molecule has 3 rings (SSSR count). The van der Waals surface area contributed by atoms with Gasteiger partial charge in [0.15, 0.2) is 17.4 Å². The maximum Gasteiger partial charge on any atom is 0.273 e. The Kier molecular flexibility index (Phi) is 4.61. The fraction of sp³-hybridized carbons (Fsp3) is 0.0625. The van der Waals surface area contributed by atoms with Crippen molar-refractivity contribution in [3.63, 3.8) is 0 Å². The molecule has 0 saturated carbocycles. The second-order valence-electron chi connectivity index (χ2n) is 5.23. The molecule has 0 saturated heterocycles. The first-order chi connectivity index (χ1) is 11.9. The quantitative estimate of drug-likeness (QED) is 0.535. The van der Waals surface area contributed by atoms with E-state index in [0.29, 0.717) is 5.82 Å². The van der Waals surface area contributed by atoms with Crippen LogP contribution >= 0.6 is 23.2 Å². The minimum atomic E-state index is -0.903. The van der Waals surface area contributed by atoms with E-state index in [2.05, 4.69) is 15.3 Å². The summed E-state index contributed by atoms with van der Waals surface area (Å²) in [5.74, 6) is -1.72. The number of hydrogen-bond donors (Lipinski definition) is 2. The van der Waals surface area contributed by atoms with Crippen molar-refractivity contribution in [1.82, 2.24) is 14.5 Å². The lowest BCUT2D eigenvalue weighted by atomic mass is 10.0. The van der Waals surface area contributed by atoms with Crippen LogP contribution in [0.1, 0.15) is 26.4 Å². The fourth-order valence-electron chi connectivity index (χ4n) is 2.20. The maximum atomic E-state index is 14.1. The average molecular weight is 381 g/mol. The zero-order valence-corrected chi connectivity index (χ0v) is 14.3. The highest BCUT2D eigenvalue weighted by atomic mass is 35.5. The van der Waals surface area contributed by atoms with Gasteiger partial charge in [0.25, 0.3) is 5.91 Å². The summed E-state index contributed by atoms with van der Waals surface area (Å²) in [7, 11) is 1.76. The van der Waals surface area contributed by atoms with E-state index in [1.54, 1.807) is 17.8 Å². The van der Waals surface area contributed by atoms with Gasteiger partial charge >= 0.3 is 0 Å². The van der Waals surface area contributed by atoms with Crippen molar-refractivity contribution < 1.29 is 14.0 Å². The second kappa shape index (κ2) is 6.70. The lowest BCUT2D eigenvalue weighted by Gasteiger charge is -2.05. The number of halogens is 3. The minimum absolute atomic E-state index is 0.0624. The van der Waals surface area contributed by atoms with Crippen LogP contribution in [0, 0.1) is 5.82 Å². The molecule has 0 aliphatic rings. The summed E-state index contributed by atoms with van der Waals surface area (Å²) in [5, 5.41) is 2.29. The van der Waals surface area contributed by atoms with Crippen LogP contribution < -0.4 is 5.32 Å². The standard InChI is InChI=1S/C16H11Cl2FN4O2/c1-23-6-12(21-7-23)22-16(25)11-4-8(5-20-11)15(24)13-9(17)2-3-10(18)14(13)19/h2-7,20H,1H3,(H,22,25). The first-order valence-electron chi connectivity index (χ1n) is 7.02. The third-order valence-corrected chi connectivity index (χ3v) is 4.01. The van der Waals surface area contributed by atoms with Gasteiger partial charge in [-0.15, -0.1) is 0 Å². The predicted molar refractivity (Wildman–Crippen MR) is 91.8 cm³/mol. The highest BCUT2D eigenvalue weighted by Gasteiger charge is 2.22. The van der Waals surface area contributed by atoms with Crippen LogP contribution in [0.25, 0.3) is 0 Å². The zero-order chi connectivity index (χ0) is 18.1. The minimum Gasteiger partial charge on any atom is -0.356 e. The summed E-state index contributed by atoms with van der Waals surface area (Å²) >= 11 is 11.6. The summed E-state index contributed by atoms with van der Waals surface area (Å²) in [6.45, 7) is 0. The smallest absolute Gasteiger partial charge is 0.273 e. The highest BCUT2D eigenvalue weighted by Crippen LogP contribution is 2.28. The van der Waals surface area contributed by atoms with Crippen LogP contribution in [0.5, 0.6) is 0 Å². The summed E-state index contributed by atoms with van der Waals surface area (Å²) in [6, 6.07) is 3.90. The van der Waals surface area contributed by atoms with Crippen molar-refractivity contribution in [3.8, 4) is 0 Å². The molecule has 128 valence electrons. The molecule has 0 atom stereocenters. The van der Waals surface area contributed by atoms with Gasteiger partial charge in [0, 0.05) is 25.0 Å². The van der Waals surface area contributed by atoms with Crippen LogP contribution in [-0.2, 0) is 7.05 Å². The van der Waals surface area contributed by atoms with Gasteiger partial charge in [-0.05, 0) is 18.2 Å². The van der Waals surface area contributed by atoms with Gasteiger partial charge in [-0.25, -0.2) is 9.37 Å². The Hall–Kier alpha value is -2.64. The number of imidazole rings is 1. The van der Waals surface area contributed by atoms with Gasteiger partial charge in [0.05, 0.1) is 21.9 Å². The Morgan fingerprint density at radius 1 is 1.28 bits per heavy atom. The van der Waals surface area contributed by atoms with E-state index in [0.717, 1.165) is 0 Å². The van der Waals surface area contributed by atoms with Crippen LogP contribution in [0.3, 0.4) is 0 Å². The lowest BCUT2D eigenvalue weighted by molar-refractivity contribution is 0.102. The third-order valence-electron chi connectivity index (χ3n) is 3.41. The Morgan fingerprint density at radius 2 is 2.00 bits per heavy atom. The average Bonchev–Trinajstić information content (AvgIpc) is 3.20. The number of carbonyl (C=O) groups is 2. The molecule has 0 bridgehead atoms. The number of amides is 1. The van der Waals surface area contributed by atoms with Crippen LogP contribution in [0.15, 0.2) is 36.9 Å². The second-order valence-corrected chi connectivity index (χ2v) is 6.04. The molecule has 0 aliphatic carbocycles. The summed E-state index contributed by atoms with van der Waals surface area (Å²) < 4.78 is 15.8. The molecule has 2 heterocycles. The molecule has 0 aliphatic heterocycles. The van der Waals surface area contributed by atoms with Gasteiger partial charge in [0.2, 0.25) is 0 Å². The number of H-pyrrole nitrogens is 1. The van der Waals surface area contributed by atoms with Gasteiger partial charge in [0.1, 0.15) is 5.69 Å². The molecule has 1 amide bonds. The number of ketones is 1. The molecule has 0 unspecified atom stereocenters. The SMILES string of the molecule is Cn1cnc(NC(=O)c2cc(C(=O)c3c(Cl)ccc(Cl)c3F)c[nH]2)c1. The number of carbonyl (C=O) groups excluding carboxylic acids is 2. The normalized spacial score (nSPS) is 10.7. The van der Waals surface area contributed by atoms with E-state index in [4.69, 9.17) is 23.2 Å². The molecule has 1 aromatic carbocycles. The molecule has 25 heavy (non-hydrogen) atoms. The highest BCUT2D eigenvalue weighted by molar-refractivity contribution is 6.37. The van der Waals surface area contributed by atoms with Gasteiger partial charge in [-0.1, -0.05) is 23.2 Å². The number of anilines is 1. The predicted octanol–water partition coefficient (Wildman–Crippen LogP) is 3.68. The number of hydrogen-bond acceptors (Lipinski definition) is 3. The molecule has 2 aromatic heterocycles. The van der Waals surface area contributed by atoms with Crippen molar-refractivity contribution in [3.05, 3.63) is 69.6 Å². The molecule has 9 heteroatoms. The van der Waals surface area contributed by atoms with Crippen molar-refractivity contribution in [2.45, 2.75) is 0 Å². The van der Waals surface area contributed by atoms with Crippen LogP contribution in [0.2, 0.25) is 10.0 Å². The van der Waals surface area contributed by atoms with Gasteiger partial charge < -0.3 is 14.9 Å². The van der Waals surface area contributed by atoms with E-state index in [-0.39, 0.29) is 26.9 Å². The molecule has 6 nitrogen and oxygen atoms in total. The van der Waals surface area contributed by atoms with E-state index in [1.807, 2.05) is 0 Å². The lowest BCUT2D eigenvalue weighted by Crippen LogP contribution is -2.12. The molecule has 0 fully saturated rings. The zero-order valence-electron chi connectivity index (χ0n) is 12.8. The first kappa shape index (κ1) is 17.2. The molecule has 0 radical (unpaired) electrons. The third kappa shape index (κ3) is 3.42. The summed E-state index contributed by atoms with van der Waals surface area (Å²) in [6.07, 6.45) is 4.45. The number of aryl methyl sites for hydroxylation is 1. The van der Waals surface area contributed by atoms with E-state index in [9.17, 15) is 14.0 Å². The van der Waals surface area contributed by atoms with Crippen molar-refractivity contribution in [1.29, 1.82) is 0 Å². The molecule has 0 spiro atoms. The number of aromatic amines is 1. The molecular weight excluding hydrogens is 370 g/mol. The first-order valence-corrected chi connectivity index (χ1v) is 7.78. The van der Waals surface area contributed by atoms with Crippen molar-refractivity contribution in [2.75, 3.05) is 5.32 Å². The molecular formula is C16H11Cl2FN4O2. The van der Waals surface area contributed by atoms with E-state index < -0.39 is 17.5 Å². The Bertz CT molecular complexity index is 980. The monoisotopic (exact) mass is 380 g/mol.